The Hall–Kier alpha value is -4.05. The number of thiophene rings is 1. The molecule has 0 aliphatic carbocycles. The summed E-state index contributed by atoms with van der Waals surface area (Å²) in [6.07, 6.45) is 0. The van der Waals surface area contributed by atoms with Crippen LogP contribution in [0.25, 0.3) is 15.9 Å². The van der Waals surface area contributed by atoms with E-state index in [9.17, 15) is 24.5 Å². The van der Waals surface area contributed by atoms with Crippen molar-refractivity contribution < 1.29 is 9.72 Å². The summed E-state index contributed by atoms with van der Waals surface area (Å²) >= 11 is 1.26. The number of para-hydroxylation sites is 1. The van der Waals surface area contributed by atoms with Gasteiger partial charge in [-0.15, -0.1) is 11.3 Å². The maximum Gasteiger partial charge on any atom is 0.337 e. The van der Waals surface area contributed by atoms with Crippen molar-refractivity contribution in [3.05, 3.63) is 96.5 Å². The molecule has 0 saturated carbocycles. The lowest BCUT2D eigenvalue weighted by molar-refractivity contribution is -0.384. The highest BCUT2D eigenvalue weighted by atomic mass is 32.1. The molecule has 0 saturated heterocycles. The first-order valence-electron chi connectivity index (χ1n) is 9.21. The molecule has 9 nitrogen and oxygen atoms in total. The molecule has 0 fully saturated rings. The van der Waals surface area contributed by atoms with Crippen molar-refractivity contribution in [2.24, 2.45) is 0 Å². The van der Waals surface area contributed by atoms with Crippen LogP contribution >= 0.6 is 11.3 Å². The highest BCUT2D eigenvalue weighted by Gasteiger charge is 2.18. The fourth-order valence-electron chi connectivity index (χ4n) is 3.23. The van der Waals surface area contributed by atoms with Crippen molar-refractivity contribution in [2.45, 2.75) is 13.5 Å². The first-order chi connectivity index (χ1) is 14.8. The van der Waals surface area contributed by atoms with Crippen LogP contribution in [0.3, 0.4) is 0 Å². The molecule has 10 heteroatoms. The lowest BCUT2D eigenvalue weighted by Crippen LogP contribution is -2.40. The Kier molecular flexibility index (Phi) is 5.22. The first kappa shape index (κ1) is 20.2. The lowest BCUT2D eigenvalue weighted by Gasteiger charge is -2.12. The number of hydrogen-bond donors (Lipinski definition) is 1. The molecule has 0 unspecified atom stereocenters. The van der Waals surface area contributed by atoms with Crippen LogP contribution in [-0.4, -0.2) is 20.0 Å². The number of aryl methyl sites for hydroxylation is 1. The number of aromatic nitrogens is 2. The fraction of sp³-hybridized carbons (Fsp3) is 0.0952. The first-order valence-corrected chi connectivity index (χ1v) is 10.0. The largest absolute Gasteiger partial charge is 0.337 e. The summed E-state index contributed by atoms with van der Waals surface area (Å²) in [7, 11) is 0. The van der Waals surface area contributed by atoms with Gasteiger partial charge in [-0.25, -0.2) is 9.36 Å². The van der Waals surface area contributed by atoms with Crippen molar-refractivity contribution in [2.75, 3.05) is 5.32 Å². The zero-order valence-electron chi connectivity index (χ0n) is 16.3. The molecular formula is C21H16N4O5S. The van der Waals surface area contributed by atoms with E-state index < -0.39 is 22.1 Å². The standard InChI is InChI=1S/C21H16N4O5S/c1-13-11-17-19(27)24(15-5-3-2-4-6-15)21(28)23(20(17)31-13)12-18(26)22-14-7-9-16(10-8-14)25(29)30/h2-11H,12H2,1H3,(H,22,26). The third-order valence-electron chi connectivity index (χ3n) is 4.61. The molecule has 4 aromatic rings. The molecule has 0 bridgehead atoms. The Balaban J connectivity index is 1.75. The number of hydrogen-bond acceptors (Lipinski definition) is 6. The molecule has 0 atom stereocenters. The van der Waals surface area contributed by atoms with Crippen LogP contribution in [0.15, 0.2) is 70.3 Å². The number of rotatable bonds is 5. The summed E-state index contributed by atoms with van der Waals surface area (Å²) in [5.74, 6) is -0.499. The molecule has 2 aromatic heterocycles. The second-order valence-corrected chi connectivity index (χ2v) is 8.01. The minimum absolute atomic E-state index is 0.0973. The number of carbonyl (C=O) groups is 1. The Morgan fingerprint density at radius 3 is 2.42 bits per heavy atom. The summed E-state index contributed by atoms with van der Waals surface area (Å²) in [6, 6.07) is 15.6. The van der Waals surface area contributed by atoms with Crippen LogP contribution in [0.4, 0.5) is 11.4 Å². The van der Waals surface area contributed by atoms with E-state index in [1.165, 1.54) is 40.2 Å². The number of amides is 1. The van der Waals surface area contributed by atoms with Gasteiger partial charge in [-0.1, -0.05) is 18.2 Å². The van der Waals surface area contributed by atoms with Crippen LogP contribution < -0.4 is 16.6 Å². The van der Waals surface area contributed by atoms with E-state index in [-0.39, 0.29) is 12.2 Å². The Bertz CT molecular complexity index is 1420. The van der Waals surface area contributed by atoms with E-state index in [2.05, 4.69) is 5.32 Å². The number of non-ortho nitro benzene ring substituents is 1. The molecule has 0 aliphatic rings. The number of fused-ring (bicyclic) bond motifs is 1. The van der Waals surface area contributed by atoms with Gasteiger partial charge in [0.2, 0.25) is 5.91 Å². The molecule has 1 N–H and O–H groups in total. The molecule has 1 amide bonds. The van der Waals surface area contributed by atoms with Crippen molar-refractivity contribution in [3.8, 4) is 5.69 Å². The third kappa shape index (κ3) is 3.88. The summed E-state index contributed by atoms with van der Waals surface area (Å²) < 4.78 is 2.32. The van der Waals surface area contributed by atoms with E-state index in [0.29, 0.717) is 21.6 Å². The molecule has 2 aromatic carbocycles. The van der Waals surface area contributed by atoms with Gasteiger partial charge >= 0.3 is 5.69 Å². The predicted octanol–water partition coefficient (Wildman–Crippen LogP) is 3.07. The zero-order valence-corrected chi connectivity index (χ0v) is 17.1. The van der Waals surface area contributed by atoms with Gasteiger partial charge in [-0.05, 0) is 37.3 Å². The highest BCUT2D eigenvalue weighted by molar-refractivity contribution is 7.18. The minimum atomic E-state index is -0.621. The lowest BCUT2D eigenvalue weighted by atomic mass is 10.3. The monoisotopic (exact) mass is 436 g/mol. The van der Waals surface area contributed by atoms with E-state index in [1.54, 1.807) is 36.4 Å². The van der Waals surface area contributed by atoms with Gasteiger partial charge in [0.1, 0.15) is 11.4 Å². The van der Waals surface area contributed by atoms with Gasteiger partial charge < -0.3 is 5.32 Å². The smallest absolute Gasteiger partial charge is 0.325 e. The molecular weight excluding hydrogens is 420 g/mol. The predicted molar refractivity (Wildman–Crippen MR) is 118 cm³/mol. The van der Waals surface area contributed by atoms with E-state index in [0.717, 1.165) is 9.44 Å². The minimum Gasteiger partial charge on any atom is -0.325 e. The number of nitro benzene ring substituents is 1. The number of benzene rings is 2. The molecule has 4 rings (SSSR count). The summed E-state index contributed by atoms with van der Waals surface area (Å²) in [6.45, 7) is 1.50. The van der Waals surface area contributed by atoms with Gasteiger partial charge in [0, 0.05) is 22.7 Å². The van der Waals surface area contributed by atoms with E-state index >= 15 is 0 Å². The quantitative estimate of drug-likeness (QED) is 0.381. The van der Waals surface area contributed by atoms with Gasteiger partial charge in [-0.2, -0.15) is 0 Å². The second kappa shape index (κ2) is 8.00. The van der Waals surface area contributed by atoms with E-state index in [1.807, 2.05) is 6.92 Å². The maximum absolute atomic E-state index is 13.2. The Morgan fingerprint density at radius 1 is 1.10 bits per heavy atom. The third-order valence-corrected chi connectivity index (χ3v) is 5.69. The summed E-state index contributed by atoms with van der Waals surface area (Å²) in [4.78, 5) is 50.3. The normalized spacial score (nSPS) is 10.9. The molecule has 0 aliphatic heterocycles. The van der Waals surface area contributed by atoms with Crippen molar-refractivity contribution >= 4 is 38.8 Å². The van der Waals surface area contributed by atoms with Gasteiger partial charge in [0.15, 0.2) is 0 Å². The van der Waals surface area contributed by atoms with Crippen LogP contribution in [0.5, 0.6) is 0 Å². The molecule has 31 heavy (non-hydrogen) atoms. The average Bonchev–Trinajstić information content (AvgIpc) is 3.14. The number of carbonyl (C=O) groups excluding carboxylic acids is 1. The molecule has 0 radical (unpaired) electrons. The van der Waals surface area contributed by atoms with Crippen LogP contribution in [0, 0.1) is 17.0 Å². The molecule has 2 heterocycles. The van der Waals surface area contributed by atoms with Crippen molar-refractivity contribution in [1.29, 1.82) is 0 Å². The fourth-order valence-corrected chi connectivity index (χ4v) is 4.22. The number of anilines is 1. The van der Waals surface area contributed by atoms with Gasteiger partial charge in [-0.3, -0.25) is 24.3 Å². The number of nitro groups is 1. The topological polar surface area (TPSA) is 116 Å². The van der Waals surface area contributed by atoms with Crippen molar-refractivity contribution in [1.82, 2.24) is 9.13 Å². The van der Waals surface area contributed by atoms with Gasteiger partial charge in [0.25, 0.3) is 11.2 Å². The summed E-state index contributed by atoms with van der Waals surface area (Å²) in [5, 5.41) is 13.8. The zero-order chi connectivity index (χ0) is 22.1. The van der Waals surface area contributed by atoms with Crippen LogP contribution in [0.2, 0.25) is 0 Å². The summed E-state index contributed by atoms with van der Waals surface area (Å²) in [5.41, 5.74) is -0.390. The Morgan fingerprint density at radius 2 is 1.77 bits per heavy atom. The highest BCUT2D eigenvalue weighted by Crippen LogP contribution is 2.22. The molecule has 0 spiro atoms. The van der Waals surface area contributed by atoms with E-state index in [4.69, 9.17) is 0 Å². The average molecular weight is 436 g/mol. The maximum atomic E-state index is 13.2. The van der Waals surface area contributed by atoms with Crippen molar-refractivity contribution in [3.63, 3.8) is 0 Å². The second-order valence-electron chi connectivity index (χ2n) is 6.77. The number of nitrogens with zero attached hydrogens (tertiary/aromatic N) is 3. The van der Waals surface area contributed by atoms with Crippen LogP contribution in [-0.2, 0) is 11.3 Å². The SMILES string of the molecule is Cc1cc2c(=O)n(-c3ccccc3)c(=O)n(CC(=O)Nc3ccc([N+](=O)[O-])cc3)c2s1. The molecule has 156 valence electrons. The number of nitrogens with one attached hydrogen (secondary N) is 1. The van der Waals surface area contributed by atoms with Crippen LogP contribution in [0.1, 0.15) is 4.88 Å². The van der Waals surface area contributed by atoms with Gasteiger partial charge in [0.05, 0.1) is 16.0 Å². The Labute approximate surface area is 179 Å².